The van der Waals surface area contributed by atoms with E-state index in [0.717, 1.165) is 33.6 Å². The average molecular weight is 394 g/mol. The van der Waals surface area contributed by atoms with Crippen molar-refractivity contribution in [3.05, 3.63) is 84.9 Å². The SMILES string of the molecule is Nc1[nH]nc2nc(-c3cccc(O)c3)cc(-c3ccc(Oc4ccccc4)cc3)c12. The van der Waals surface area contributed by atoms with Crippen molar-refractivity contribution in [2.24, 2.45) is 0 Å². The van der Waals surface area contributed by atoms with Crippen LogP contribution in [0.1, 0.15) is 0 Å². The van der Waals surface area contributed by atoms with Crippen molar-refractivity contribution in [3.63, 3.8) is 0 Å². The number of hydrogen-bond acceptors (Lipinski definition) is 5. The number of para-hydroxylation sites is 1. The molecule has 0 spiro atoms. The van der Waals surface area contributed by atoms with Crippen molar-refractivity contribution in [3.8, 4) is 39.6 Å². The first-order chi connectivity index (χ1) is 14.7. The van der Waals surface area contributed by atoms with Gasteiger partial charge in [-0.15, -0.1) is 0 Å². The number of H-pyrrole nitrogens is 1. The number of pyridine rings is 1. The Morgan fingerprint density at radius 2 is 1.57 bits per heavy atom. The Balaban J connectivity index is 1.58. The number of nitrogens with two attached hydrogens (primary N) is 1. The van der Waals surface area contributed by atoms with E-state index in [4.69, 9.17) is 10.5 Å². The molecule has 146 valence electrons. The minimum absolute atomic E-state index is 0.180. The molecular formula is C24H18N4O2. The van der Waals surface area contributed by atoms with Gasteiger partial charge >= 0.3 is 0 Å². The lowest BCUT2D eigenvalue weighted by Gasteiger charge is -2.10. The molecule has 0 aliphatic carbocycles. The molecule has 0 saturated heterocycles. The normalized spacial score (nSPS) is 10.9. The summed E-state index contributed by atoms with van der Waals surface area (Å²) < 4.78 is 5.89. The highest BCUT2D eigenvalue weighted by atomic mass is 16.5. The van der Waals surface area contributed by atoms with E-state index in [1.807, 2.05) is 66.7 Å². The van der Waals surface area contributed by atoms with Crippen LogP contribution in [0.25, 0.3) is 33.4 Å². The summed E-state index contributed by atoms with van der Waals surface area (Å²) in [7, 11) is 0. The molecule has 0 atom stereocenters. The molecule has 5 rings (SSSR count). The Kier molecular flexibility index (Phi) is 4.29. The maximum Gasteiger partial charge on any atom is 0.184 e. The number of rotatable bonds is 4. The number of anilines is 1. The minimum atomic E-state index is 0.180. The second-order valence-electron chi connectivity index (χ2n) is 6.88. The number of aromatic nitrogens is 3. The Bertz CT molecular complexity index is 1330. The monoisotopic (exact) mass is 394 g/mol. The van der Waals surface area contributed by atoms with Crippen LogP contribution in [0.5, 0.6) is 17.2 Å². The Morgan fingerprint density at radius 3 is 2.33 bits per heavy atom. The van der Waals surface area contributed by atoms with Crippen LogP contribution < -0.4 is 10.5 Å². The number of hydrogen-bond donors (Lipinski definition) is 3. The van der Waals surface area contributed by atoms with Crippen molar-refractivity contribution in [2.45, 2.75) is 0 Å². The molecule has 0 aliphatic rings. The van der Waals surface area contributed by atoms with Crippen molar-refractivity contribution in [1.29, 1.82) is 0 Å². The zero-order chi connectivity index (χ0) is 20.5. The van der Waals surface area contributed by atoms with E-state index >= 15 is 0 Å². The van der Waals surface area contributed by atoms with Gasteiger partial charge in [0.05, 0.1) is 11.1 Å². The van der Waals surface area contributed by atoms with Crippen LogP contribution in [-0.2, 0) is 0 Å². The third-order valence-corrected chi connectivity index (χ3v) is 4.84. The first-order valence-electron chi connectivity index (χ1n) is 9.45. The van der Waals surface area contributed by atoms with Crippen molar-refractivity contribution >= 4 is 16.9 Å². The number of ether oxygens (including phenoxy) is 1. The number of aromatic amines is 1. The molecule has 0 aliphatic heterocycles. The fourth-order valence-corrected chi connectivity index (χ4v) is 3.42. The standard InChI is InChI=1S/C24H18N4O2/c25-23-22-20(15-9-11-19(12-10-15)30-18-7-2-1-3-8-18)14-21(26-24(22)28-27-23)16-5-4-6-17(29)13-16/h1-14,29H,(H3,25,26,27,28). The fourth-order valence-electron chi connectivity index (χ4n) is 3.42. The first kappa shape index (κ1) is 17.8. The lowest BCUT2D eigenvalue weighted by atomic mass is 10.00. The second kappa shape index (κ2) is 7.25. The van der Waals surface area contributed by atoms with Gasteiger partial charge in [0.1, 0.15) is 23.1 Å². The molecule has 5 aromatic rings. The van der Waals surface area contributed by atoms with Crippen molar-refractivity contribution in [1.82, 2.24) is 15.2 Å². The molecule has 0 radical (unpaired) electrons. The van der Waals surface area contributed by atoms with Crippen LogP contribution in [0.15, 0.2) is 84.9 Å². The van der Waals surface area contributed by atoms with Gasteiger partial charge in [0.15, 0.2) is 5.65 Å². The average Bonchev–Trinajstić information content (AvgIpc) is 3.15. The van der Waals surface area contributed by atoms with Crippen LogP contribution in [0, 0.1) is 0 Å². The van der Waals surface area contributed by atoms with Crippen LogP contribution >= 0.6 is 0 Å². The predicted octanol–water partition coefficient (Wildman–Crippen LogP) is 5.37. The summed E-state index contributed by atoms with van der Waals surface area (Å²) in [6, 6.07) is 26.3. The largest absolute Gasteiger partial charge is 0.508 e. The predicted molar refractivity (Wildman–Crippen MR) is 117 cm³/mol. The number of phenolic OH excluding ortho intramolecular Hbond substituents is 1. The molecule has 2 heterocycles. The number of aromatic hydroxyl groups is 1. The van der Waals surface area contributed by atoms with Gasteiger partial charge in [-0.3, -0.25) is 5.10 Å². The van der Waals surface area contributed by atoms with Gasteiger partial charge in [0, 0.05) is 5.56 Å². The minimum Gasteiger partial charge on any atom is -0.508 e. The summed E-state index contributed by atoms with van der Waals surface area (Å²) in [5.74, 6) is 2.16. The van der Waals surface area contributed by atoms with Crippen LogP contribution in [0.2, 0.25) is 0 Å². The van der Waals surface area contributed by atoms with Crippen LogP contribution in [-0.4, -0.2) is 20.3 Å². The van der Waals surface area contributed by atoms with Gasteiger partial charge in [-0.1, -0.05) is 42.5 Å². The molecule has 2 aromatic heterocycles. The van der Waals surface area contributed by atoms with Gasteiger partial charge in [-0.25, -0.2) is 4.98 Å². The number of nitrogens with zero attached hydrogens (tertiary/aromatic N) is 2. The van der Waals surface area contributed by atoms with E-state index in [-0.39, 0.29) is 5.75 Å². The lowest BCUT2D eigenvalue weighted by Crippen LogP contribution is -1.91. The number of nitrogens with one attached hydrogen (secondary N) is 1. The highest BCUT2D eigenvalue weighted by Gasteiger charge is 2.15. The molecule has 0 bridgehead atoms. The van der Waals surface area contributed by atoms with Gasteiger partial charge in [0.2, 0.25) is 0 Å². The summed E-state index contributed by atoms with van der Waals surface area (Å²) in [5, 5.41) is 17.7. The summed E-state index contributed by atoms with van der Waals surface area (Å²) >= 11 is 0. The molecule has 0 saturated carbocycles. The van der Waals surface area contributed by atoms with Gasteiger partial charge < -0.3 is 15.6 Å². The summed E-state index contributed by atoms with van der Waals surface area (Å²) in [4.78, 5) is 4.61. The van der Waals surface area contributed by atoms with Crippen LogP contribution in [0.4, 0.5) is 5.82 Å². The van der Waals surface area contributed by atoms with Gasteiger partial charge in [-0.05, 0) is 53.6 Å². The van der Waals surface area contributed by atoms with E-state index < -0.39 is 0 Å². The third-order valence-electron chi connectivity index (χ3n) is 4.84. The molecule has 4 N–H and O–H groups in total. The molecule has 0 amide bonds. The third kappa shape index (κ3) is 3.31. The summed E-state index contributed by atoms with van der Waals surface area (Å²) in [6.07, 6.45) is 0. The Hall–Kier alpha value is -4.32. The zero-order valence-electron chi connectivity index (χ0n) is 15.9. The molecule has 6 nitrogen and oxygen atoms in total. The van der Waals surface area contributed by atoms with Crippen LogP contribution in [0.3, 0.4) is 0 Å². The Morgan fingerprint density at radius 1 is 0.800 bits per heavy atom. The molecule has 30 heavy (non-hydrogen) atoms. The van der Waals surface area contributed by atoms with Crippen molar-refractivity contribution in [2.75, 3.05) is 5.73 Å². The smallest absolute Gasteiger partial charge is 0.184 e. The molecule has 3 aromatic carbocycles. The summed E-state index contributed by atoms with van der Waals surface area (Å²) in [6.45, 7) is 0. The molecule has 6 heteroatoms. The highest BCUT2D eigenvalue weighted by Crippen LogP contribution is 2.35. The highest BCUT2D eigenvalue weighted by molar-refractivity contribution is 6.01. The number of fused-ring (bicyclic) bond motifs is 1. The topological polar surface area (TPSA) is 97.1 Å². The zero-order valence-corrected chi connectivity index (χ0v) is 15.9. The van der Waals surface area contributed by atoms with Gasteiger partial charge in [-0.2, -0.15) is 5.10 Å². The van der Waals surface area contributed by atoms with E-state index in [9.17, 15) is 5.11 Å². The fraction of sp³-hybridized carbons (Fsp3) is 0. The van der Waals surface area contributed by atoms with Gasteiger partial charge in [0.25, 0.3) is 0 Å². The first-order valence-corrected chi connectivity index (χ1v) is 9.45. The van der Waals surface area contributed by atoms with Crippen molar-refractivity contribution < 1.29 is 9.84 Å². The van der Waals surface area contributed by atoms with E-state index in [2.05, 4.69) is 15.2 Å². The number of nitrogen functional groups attached to an aromatic ring is 1. The van der Waals surface area contributed by atoms with E-state index in [0.29, 0.717) is 17.2 Å². The second-order valence-corrected chi connectivity index (χ2v) is 6.88. The Labute approximate surface area is 172 Å². The lowest BCUT2D eigenvalue weighted by molar-refractivity contribution is 0.475. The molecular weight excluding hydrogens is 376 g/mol. The number of benzene rings is 3. The number of phenols is 1. The molecule has 0 fully saturated rings. The molecule has 0 unspecified atom stereocenters. The quantitative estimate of drug-likeness (QED) is 0.381. The maximum atomic E-state index is 9.85. The summed E-state index contributed by atoms with van der Waals surface area (Å²) in [5.41, 5.74) is 10.0. The van der Waals surface area contributed by atoms with E-state index in [1.54, 1.807) is 18.2 Å². The van der Waals surface area contributed by atoms with E-state index in [1.165, 1.54) is 0 Å². The maximum absolute atomic E-state index is 9.85.